The van der Waals surface area contributed by atoms with Gasteiger partial charge in [0.1, 0.15) is 0 Å². The average Bonchev–Trinajstić information content (AvgIpc) is 3.20. The Labute approximate surface area is 347 Å². The first-order chi connectivity index (χ1) is 27.4. The molecule has 0 aromatic heterocycles. The lowest BCUT2D eigenvalue weighted by molar-refractivity contribution is -0.152. The van der Waals surface area contributed by atoms with Crippen molar-refractivity contribution in [1.82, 2.24) is 4.90 Å². The van der Waals surface area contributed by atoms with Gasteiger partial charge in [-0.15, -0.1) is 0 Å². The molecule has 0 aliphatic heterocycles. The van der Waals surface area contributed by atoms with Gasteiger partial charge in [0, 0.05) is 18.4 Å². The maximum absolute atomic E-state index is 14.3. The van der Waals surface area contributed by atoms with Crippen molar-refractivity contribution in [1.29, 1.82) is 0 Å². The second-order valence-corrected chi connectivity index (χ2v) is 15.4. The quantitative estimate of drug-likeness (QED) is 0.0279. The van der Waals surface area contributed by atoms with Crippen LogP contribution in [0.25, 0.3) is 0 Å². The molecular formula is C52H87NO3. The van der Waals surface area contributed by atoms with E-state index >= 15 is 0 Å². The summed E-state index contributed by atoms with van der Waals surface area (Å²) in [5.74, 6) is -1.25. The number of carbonyl (C=O) groups excluding carboxylic acids is 3. The summed E-state index contributed by atoms with van der Waals surface area (Å²) in [7, 11) is 0. The van der Waals surface area contributed by atoms with E-state index in [4.69, 9.17) is 0 Å². The van der Waals surface area contributed by atoms with Crippen LogP contribution in [0.3, 0.4) is 0 Å². The zero-order valence-electron chi connectivity index (χ0n) is 37.7. The molecule has 4 heteroatoms. The number of rotatable bonds is 35. The first-order valence-electron chi connectivity index (χ1n) is 23.4. The predicted molar refractivity (Wildman–Crippen MR) is 246 cm³/mol. The number of imide groups is 3. The van der Waals surface area contributed by atoms with Gasteiger partial charge in [-0.05, 0) is 116 Å². The molecule has 0 unspecified atom stereocenters. The van der Waals surface area contributed by atoms with E-state index in [1.807, 2.05) is 65.0 Å². The molecule has 0 aromatic carbocycles. The monoisotopic (exact) mass is 774 g/mol. The Hall–Kier alpha value is -3.01. The van der Waals surface area contributed by atoms with Crippen LogP contribution in [0, 0.1) is 0 Å². The van der Waals surface area contributed by atoms with Gasteiger partial charge >= 0.3 is 0 Å². The zero-order valence-corrected chi connectivity index (χ0v) is 37.7. The summed E-state index contributed by atoms with van der Waals surface area (Å²) in [6, 6.07) is 0. The molecule has 3 amide bonds. The molecule has 0 N–H and O–H groups in total. The highest BCUT2D eigenvalue weighted by Gasteiger charge is 2.31. The molecule has 0 aliphatic carbocycles. The van der Waals surface area contributed by atoms with Gasteiger partial charge in [0.2, 0.25) is 11.8 Å². The smallest absolute Gasteiger partial charge is 0.267 e. The van der Waals surface area contributed by atoms with Crippen molar-refractivity contribution in [2.45, 2.75) is 228 Å². The predicted octanol–water partition coefficient (Wildman–Crippen LogP) is 16.3. The minimum Gasteiger partial charge on any atom is -0.274 e. The average molecular weight is 774 g/mol. The standard InChI is InChI=1S/C52H87NO3/c1-8-15-17-19-21-23-25-27-29-31-33-35-37-39-41-44-50(54)53(52(56)49(14-7)48(13-6)47(12-5)46(11-4)43-10-3)51(55)45-42-40-38-36-34-32-30-28-26-24-22-20-18-16-9-2/h10-14,27-30,43H,8-9,15-26,31-42,44-45H2,1-7H3/b29-27-,30-28-,43-10?,46-11?,47-12?,48-13?,49-14?. The molecular weight excluding hydrogens is 687 g/mol. The fourth-order valence-electron chi connectivity index (χ4n) is 7.25. The highest BCUT2D eigenvalue weighted by molar-refractivity contribution is 6.18. The molecule has 318 valence electrons. The van der Waals surface area contributed by atoms with Crippen molar-refractivity contribution in [2.24, 2.45) is 0 Å². The van der Waals surface area contributed by atoms with E-state index in [0.29, 0.717) is 18.4 Å². The van der Waals surface area contributed by atoms with E-state index in [9.17, 15) is 14.4 Å². The van der Waals surface area contributed by atoms with E-state index in [1.165, 1.54) is 89.9 Å². The normalized spacial score (nSPS) is 13.2. The fourth-order valence-corrected chi connectivity index (χ4v) is 7.25. The number of allylic oxidation sites excluding steroid dienone is 12. The van der Waals surface area contributed by atoms with Crippen molar-refractivity contribution in [2.75, 3.05) is 0 Å². The number of hydrogen-bond donors (Lipinski definition) is 0. The Balaban J connectivity index is 5.19. The molecule has 0 aromatic rings. The van der Waals surface area contributed by atoms with Crippen LogP contribution in [0.15, 0.2) is 83.1 Å². The number of unbranched alkanes of at least 4 members (excludes halogenated alkanes) is 22. The van der Waals surface area contributed by atoms with Crippen LogP contribution in [-0.2, 0) is 14.4 Å². The van der Waals surface area contributed by atoms with Crippen LogP contribution in [-0.4, -0.2) is 22.6 Å². The van der Waals surface area contributed by atoms with Gasteiger partial charge in [-0.1, -0.05) is 177 Å². The van der Waals surface area contributed by atoms with Crippen molar-refractivity contribution in [3.8, 4) is 0 Å². The highest BCUT2D eigenvalue weighted by atomic mass is 16.2. The van der Waals surface area contributed by atoms with E-state index in [1.54, 1.807) is 6.08 Å². The maximum atomic E-state index is 14.3. The minimum atomic E-state index is -0.508. The van der Waals surface area contributed by atoms with E-state index in [2.05, 4.69) is 38.2 Å². The SMILES string of the molecule is CC=CC(=CC)C(=CC)C(=CC)C(=CC)C(=O)N(C(=O)CCCCCCC/C=C\CCCCCCCC)C(=O)CCCCCCC/C=C\CCCCCCCC. The van der Waals surface area contributed by atoms with Crippen LogP contribution in [0.2, 0.25) is 0 Å². The molecule has 0 atom stereocenters. The third-order valence-corrected chi connectivity index (χ3v) is 10.7. The van der Waals surface area contributed by atoms with Gasteiger partial charge < -0.3 is 0 Å². The summed E-state index contributed by atoms with van der Waals surface area (Å²) in [5, 5.41) is 0. The van der Waals surface area contributed by atoms with Crippen molar-refractivity contribution in [3.05, 3.63) is 83.1 Å². The van der Waals surface area contributed by atoms with Gasteiger partial charge in [-0.3, -0.25) is 14.4 Å². The molecule has 0 rings (SSSR count). The molecule has 0 fully saturated rings. The van der Waals surface area contributed by atoms with Crippen LogP contribution in [0.1, 0.15) is 228 Å². The van der Waals surface area contributed by atoms with E-state index in [0.717, 1.165) is 85.8 Å². The first kappa shape index (κ1) is 53.0. The summed E-state index contributed by atoms with van der Waals surface area (Å²) in [4.78, 5) is 42.8. The number of amides is 3. The molecule has 0 saturated carbocycles. The highest BCUT2D eigenvalue weighted by Crippen LogP contribution is 2.29. The molecule has 0 radical (unpaired) electrons. The fraction of sp³-hybridized carbons (Fsp3) is 0.673. The van der Waals surface area contributed by atoms with Crippen molar-refractivity contribution < 1.29 is 14.4 Å². The molecule has 0 heterocycles. The first-order valence-corrected chi connectivity index (χ1v) is 23.4. The summed E-state index contributed by atoms with van der Waals surface area (Å²) >= 11 is 0. The second kappa shape index (κ2) is 38.8. The molecule has 56 heavy (non-hydrogen) atoms. The van der Waals surface area contributed by atoms with Crippen molar-refractivity contribution >= 4 is 17.7 Å². The lowest BCUT2D eigenvalue weighted by Gasteiger charge is -2.23. The number of nitrogens with zero attached hydrogens (tertiary/aromatic N) is 1. The third-order valence-electron chi connectivity index (χ3n) is 10.7. The van der Waals surface area contributed by atoms with Crippen LogP contribution >= 0.6 is 0 Å². The largest absolute Gasteiger partial charge is 0.274 e. The lowest BCUT2D eigenvalue weighted by Crippen LogP contribution is -2.42. The van der Waals surface area contributed by atoms with Crippen LogP contribution in [0.4, 0.5) is 0 Å². The van der Waals surface area contributed by atoms with Crippen LogP contribution < -0.4 is 0 Å². The summed E-state index contributed by atoms with van der Waals surface area (Å²) < 4.78 is 0. The molecule has 0 aliphatic rings. The Morgan fingerprint density at radius 2 is 0.732 bits per heavy atom. The number of hydrogen-bond acceptors (Lipinski definition) is 3. The van der Waals surface area contributed by atoms with Crippen LogP contribution in [0.5, 0.6) is 0 Å². The lowest BCUT2D eigenvalue weighted by atomic mass is 9.90. The Bertz CT molecular complexity index is 1190. The molecule has 0 saturated heterocycles. The summed E-state index contributed by atoms with van der Waals surface area (Å²) in [5.41, 5.74) is 3.02. The zero-order chi connectivity index (χ0) is 41.5. The number of carbonyl (C=O) groups is 3. The molecule has 4 nitrogen and oxygen atoms in total. The Morgan fingerprint density at radius 3 is 1.05 bits per heavy atom. The van der Waals surface area contributed by atoms with Gasteiger partial charge in [0.15, 0.2) is 0 Å². The Morgan fingerprint density at radius 1 is 0.393 bits per heavy atom. The summed E-state index contributed by atoms with van der Waals surface area (Å²) in [6.07, 6.45) is 52.0. The van der Waals surface area contributed by atoms with Gasteiger partial charge in [0.05, 0.1) is 0 Å². The molecule has 0 bridgehead atoms. The minimum absolute atomic E-state index is 0.208. The van der Waals surface area contributed by atoms with E-state index in [-0.39, 0.29) is 24.7 Å². The van der Waals surface area contributed by atoms with E-state index < -0.39 is 5.91 Å². The third kappa shape index (κ3) is 26.0. The van der Waals surface area contributed by atoms with Gasteiger partial charge in [-0.25, -0.2) is 4.90 Å². The van der Waals surface area contributed by atoms with Crippen molar-refractivity contribution in [3.63, 3.8) is 0 Å². The maximum Gasteiger partial charge on any atom is 0.267 e. The Kier molecular flexibility index (Phi) is 36.8. The second-order valence-electron chi connectivity index (χ2n) is 15.4. The molecule has 0 spiro atoms. The summed E-state index contributed by atoms with van der Waals surface area (Å²) in [6.45, 7) is 14.1. The van der Waals surface area contributed by atoms with Gasteiger partial charge in [0.25, 0.3) is 5.91 Å². The van der Waals surface area contributed by atoms with Gasteiger partial charge in [-0.2, -0.15) is 0 Å². The topological polar surface area (TPSA) is 54.5 Å².